The molecular weight excluding hydrogens is 475 g/mol. The summed E-state index contributed by atoms with van der Waals surface area (Å²) in [6.07, 6.45) is 3.80. The Morgan fingerprint density at radius 2 is 1.76 bits per heavy atom. The molecule has 0 atom stereocenters. The second-order valence-corrected chi connectivity index (χ2v) is 9.85. The molecule has 5 rings (SSSR count). The van der Waals surface area contributed by atoms with Crippen molar-refractivity contribution in [2.45, 2.75) is 32.7 Å². The van der Waals surface area contributed by atoms with E-state index in [1.54, 1.807) is 13.0 Å². The number of amides is 1. The van der Waals surface area contributed by atoms with E-state index in [4.69, 9.17) is 0 Å². The molecule has 4 nitrogen and oxygen atoms in total. The molecule has 38 heavy (non-hydrogen) atoms. The van der Waals surface area contributed by atoms with Gasteiger partial charge in [-0.15, -0.1) is 0 Å². The van der Waals surface area contributed by atoms with Crippen molar-refractivity contribution in [3.63, 3.8) is 0 Å². The number of fused-ring (bicyclic) bond motifs is 1. The van der Waals surface area contributed by atoms with Crippen LogP contribution in [0, 0.1) is 12.7 Å². The number of nitrogens with zero attached hydrogens (tertiary/aromatic N) is 1. The maximum Gasteiger partial charge on any atom is 0.251 e. The highest BCUT2D eigenvalue weighted by Gasteiger charge is 2.19. The monoisotopic (exact) mass is 506 g/mol. The van der Waals surface area contributed by atoms with Crippen LogP contribution in [0.3, 0.4) is 0 Å². The van der Waals surface area contributed by atoms with E-state index in [1.165, 1.54) is 22.9 Å². The summed E-state index contributed by atoms with van der Waals surface area (Å²) < 4.78 is 13.8. The third-order valence-electron chi connectivity index (χ3n) is 7.27. The molecule has 1 aliphatic rings. The van der Waals surface area contributed by atoms with E-state index in [0.717, 1.165) is 55.3 Å². The Balaban J connectivity index is 1.21. The van der Waals surface area contributed by atoms with Gasteiger partial charge < -0.3 is 10.2 Å². The molecule has 4 aromatic carbocycles. The molecule has 1 N–H and O–H groups in total. The van der Waals surface area contributed by atoms with Gasteiger partial charge in [-0.25, -0.2) is 4.39 Å². The van der Waals surface area contributed by atoms with Crippen molar-refractivity contribution >= 4 is 17.9 Å². The minimum Gasteiger partial charge on any atom is -0.371 e. The number of benzene rings is 4. The largest absolute Gasteiger partial charge is 0.371 e. The van der Waals surface area contributed by atoms with Crippen LogP contribution < -0.4 is 10.2 Å². The lowest BCUT2D eigenvalue weighted by Crippen LogP contribution is -2.31. The number of carbonyl (C=O) groups excluding carboxylic acids is 2. The third kappa shape index (κ3) is 5.67. The number of nitrogens with one attached hydrogen (secondary N) is 1. The van der Waals surface area contributed by atoms with Crippen molar-refractivity contribution in [3.8, 4) is 11.1 Å². The number of carbonyl (C=O) groups is 2. The average molecular weight is 507 g/mol. The third-order valence-corrected chi connectivity index (χ3v) is 7.27. The first-order valence-electron chi connectivity index (χ1n) is 13.1. The minimum absolute atomic E-state index is 0.151. The fourth-order valence-corrected chi connectivity index (χ4v) is 5.06. The van der Waals surface area contributed by atoms with Gasteiger partial charge in [0, 0.05) is 36.4 Å². The van der Waals surface area contributed by atoms with E-state index in [-0.39, 0.29) is 11.7 Å². The van der Waals surface area contributed by atoms with E-state index < -0.39 is 0 Å². The van der Waals surface area contributed by atoms with Crippen LogP contribution >= 0.6 is 0 Å². The molecule has 192 valence electrons. The van der Waals surface area contributed by atoms with Crippen LogP contribution in [0.15, 0.2) is 84.9 Å². The van der Waals surface area contributed by atoms with Crippen molar-refractivity contribution in [1.82, 2.24) is 5.32 Å². The number of halogens is 1. The summed E-state index contributed by atoms with van der Waals surface area (Å²) in [6.45, 7) is 3.89. The Morgan fingerprint density at radius 1 is 0.974 bits per heavy atom. The van der Waals surface area contributed by atoms with Crippen LogP contribution in [0.4, 0.5) is 10.1 Å². The fourth-order valence-electron chi connectivity index (χ4n) is 5.06. The summed E-state index contributed by atoms with van der Waals surface area (Å²) in [5.41, 5.74) is 8.27. The van der Waals surface area contributed by atoms with Gasteiger partial charge in [0.15, 0.2) is 6.29 Å². The molecule has 0 unspecified atom stereocenters. The average Bonchev–Trinajstić information content (AvgIpc) is 2.96. The molecule has 1 amide bonds. The van der Waals surface area contributed by atoms with Gasteiger partial charge in [0.2, 0.25) is 0 Å². The molecule has 0 aliphatic carbocycles. The van der Waals surface area contributed by atoms with Gasteiger partial charge in [0.1, 0.15) is 5.82 Å². The van der Waals surface area contributed by atoms with Gasteiger partial charge in [-0.3, -0.25) is 9.59 Å². The van der Waals surface area contributed by atoms with Crippen LogP contribution in [-0.4, -0.2) is 25.3 Å². The molecular formula is C33H31FN2O2. The predicted molar refractivity (Wildman–Crippen MR) is 150 cm³/mol. The van der Waals surface area contributed by atoms with Gasteiger partial charge in [-0.05, 0) is 83.8 Å². The number of rotatable bonds is 8. The van der Waals surface area contributed by atoms with Crippen molar-refractivity contribution in [3.05, 3.63) is 124 Å². The maximum absolute atomic E-state index is 13.8. The number of aldehydes is 1. The zero-order valence-electron chi connectivity index (χ0n) is 21.5. The Bertz CT molecular complexity index is 1460. The molecule has 0 saturated heterocycles. The van der Waals surface area contributed by atoms with E-state index in [0.29, 0.717) is 23.2 Å². The van der Waals surface area contributed by atoms with Crippen molar-refractivity contribution in [2.75, 3.05) is 18.0 Å². The highest BCUT2D eigenvalue weighted by molar-refractivity contribution is 5.95. The first-order chi connectivity index (χ1) is 18.5. The summed E-state index contributed by atoms with van der Waals surface area (Å²) in [7, 11) is 0. The lowest BCUT2D eigenvalue weighted by molar-refractivity contribution is 0.0950. The molecule has 4 aromatic rings. The van der Waals surface area contributed by atoms with E-state index in [9.17, 15) is 14.0 Å². The zero-order chi connectivity index (χ0) is 26.5. The number of aryl methyl sites for hydroxylation is 2. The van der Waals surface area contributed by atoms with Crippen molar-refractivity contribution in [1.29, 1.82) is 0 Å². The van der Waals surface area contributed by atoms with E-state index in [1.807, 2.05) is 42.5 Å². The molecule has 0 spiro atoms. The Morgan fingerprint density at radius 3 is 2.55 bits per heavy atom. The zero-order valence-corrected chi connectivity index (χ0v) is 21.5. The van der Waals surface area contributed by atoms with Gasteiger partial charge in [0.05, 0.1) is 0 Å². The summed E-state index contributed by atoms with van der Waals surface area (Å²) in [4.78, 5) is 26.6. The normalized spacial score (nSPS) is 12.6. The highest BCUT2D eigenvalue weighted by Crippen LogP contribution is 2.29. The number of hydrogen-bond acceptors (Lipinski definition) is 3. The SMILES string of the molecule is Cc1ccc(CNC(=O)c2ccc3c(c2)CCCN3CCc2ccc(-c3ccccc3C=O)cc2)cc1F. The highest BCUT2D eigenvalue weighted by atomic mass is 19.1. The van der Waals surface area contributed by atoms with Crippen LogP contribution in [0.1, 0.15) is 49.4 Å². The summed E-state index contributed by atoms with van der Waals surface area (Å²) in [5.74, 6) is -0.410. The Kier molecular flexibility index (Phi) is 7.64. The second kappa shape index (κ2) is 11.4. The topological polar surface area (TPSA) is 49.4 Å². The lowest BCUT2D eigenvalue weighted by atomic mass is 9.97. The Labute approximate surface area is 223 Å². The summed E-state index contributed by atoms with van der Waals surface area (Å²) in [5, 5.41) is 2.91. The quantitative estimate of drug-likeness (QED) is 0.276. The molecule has 0 saturated carbocycles. The Hall–Kier alpha value is -4.25. The van der Waals surface area contributed by atoms with Crippen LogP contribution in [0.5, 0.6) is 0 Å². The van der Waals surface area contributed by atoms with Crippen LogP contribution in [-0.2, 0) is 19.4 Å². The second-order valence-electron chi connectivity index (χ2n) is 9.85. The minimum atomic E-state index is -0.259. The number of anilines is 1. The predicted octanol–water partition coefficient (Wildman–Crippen LogP) is 6.54. The molecule has 0 radical (unpaired) electrons. The summed E-state index contributed by atoms with van der Waals surface area (Å²) >= 11 is 0. The first-order valence-corrected chi connectivity index (χ1v) is 13.1. The maximum atomic E-state index is 13.8. The van der Waals surface area contributed by atoms with E-state index >= 15 is 0 Å². The molecule has 1 heterocycles. The first kappa shape index (κ1) is 25.4. The molecule has 0 bridgehead atoms. The molecule has 0 fully saturated rings. The molecule has 0 aromatic heterocycles. The van der Waals surface area contributed by atoms with E-state index in [2.05, 4.69) is 40.5 Å². The van der Waals surface area contributed by atoms with Gasteiger partial charge in [-0.1, -0.05) is 60.7 Å². The van der Waals surface area contributed by atoms with Gasteiger partial charge in [-0.2, -0.15) is 0 Å². The number of hydrogen-bond donors (Lipinski definition) is 1. The smallest absolute Gasteiger partial charge is 0.251 e. The van der Waals surface area contributed by atoms with Gasteiger partial charge >= 0.3 is 0 Å². The molecule has 1 aliphatic heterocycles. The molecule has 5 heteroatoms. The van der Waals surface area contributed by atoms with Crippen LogP contribution in [0.25, 0.3) is 11.1 Å². The van der Waals surface area contributed by atoms with Crippen molar-refractivity contribution in [2.24, 2.45) is 0 Å². The van der Waals surface area contributed by atoms with Crippen LogP contribution in [0.2, 0.25) is 0 Å². The lowest BCUT2D eigenvalue weighted by Gasteiger charge is -2.31. The van der Waals surface area contributed by atoms with Crippen molar-refractivity contribution < 1.29 is 14.0 Å². The fraction of sp³-hybridized carbons (Fsp3) is 0.212. The standard InChI is InChI=1S/C33H31FN2O2/c1-23-8-9-25(19-31(23)34)21-35-33(38)28-14-15-32-27(20-28)6-4-17-36(32)18-16-24-10-12-26(13-11-24)30-7-3-2-5-29(30)22-37/h2-3,5,7-15,19-20,22H,4,6,16-18,21H2,1H3,(H,35,38). The van der Waals surface area contributed by atoms with Gasteiger partial charge in [0.25, 0.3) is 5.91 Å². The summed E-state index contributed by atoms with van der Waals surface area (Å²) in [6, 6.07) is 27.0.